The van der Waals surface area contributed by atoms with E-state index in [-0.39, 0.29) is 41.0 Å². The van der Waals surface area contributed by atoms with Gasteiger partial charge in [-0.3, -0.25) is 9.59 Å². The van der Waals surface area contributed by atoms with Crippen molar-refractivity contribution in [2.75, 3.05) is 6.61 Å². The predicted octanol–water partition coefficient (Wildman–Crippen LogP) is 4.02. The summed E-state index contributed by atoms with van der Waals surface area (Å²) in [6, 6.07) is 1.71. The van der Waals surface area contributed by atoms with E-state index in [1.165, 1.54) is 0 Å². The number of nitrogens with zero attached hydrogens (tertiary/aromatic N) is 1. The van der Waals surface area contributed by atoms with Gasteiger partial charge in [-0.05, 0) is 37.8 Å². The summed E-state index contributed by atoms with van der Waals surface area (Å²) in [7, 11) is 0. The second-order valence-corrected chi connectivity index (χ2v) is 6.90. The summed E-state index contributed by atoms with van der Waals surface area (Å²) in [5.74, 6) is -2.03. The lowest BCUT2D eigenvalue weighted by molar-refractivity contribution is -0.141. The van der Waals surface area contributed by atoms with Crippen molar-refractivity contribution in [3.05, 3.63) is 40.4 Å². The van der Waals surface area contributed by atoms with E-state index >= 15 is 0 Å². The van der Waals surface area contributed by atoms with E-state index in [4.69, 9.17) is 4.74 Å². The Kier molecular flexibility index (Phi) is 5.37. The fraction of sp³-hybridized carbons (Fsp3) is 0.526. The zero-order valence-corrected chi connectivity index (χ0v) is 14.8. The molecule has 0 aromatic carbocycles. The van der Waals surface area contributed by atoms with Gasteiger partial charge < -0.3 is 9.84 Å². The molecule has 1 N–H and O–H groups in total. The molecule has 0 saturated heterocycles. The highest BCUT2D eigenvalue weighted by Crippen LogP contribution is 2.43. The Labute approximate surface area is 154 Å². The number of pyridine rings is 1. The van der Waals surface area contributed by atoms with E-state index in [9.17, 15) is 27.9 Å². The average molecular weight is 383 g/mol. The molecule has 146 valence electrons. The topological polar surface area (TPSA) is 76.5 Å². The number of ether oxygens (including phenoxy) is 1. The van der Waals surface area contributed by atoms with Crippen LogP contribution in [0.1, 0.15) is 54.4 Å². The number of aromatic nitrogens is 1. The Morgan fingerprint density at radius 2 is 2.00 bits per heavy atom. The van der Waals surface area contributed by atoms with Gasteiger partial charge in [0.05, 0.1) is 12.3 Å². The number of carbonyl (C=O) groups excluding carboxylic acids is 2. The number of halogens is 3. The third kappa shape index (κ3) is 3.76. The van der Waals surface area contributed by atoms with Crippen molar-refractivity contribution in [2.45, 2.75) is 45.4 Å². The quantitative estimate of drug-likeness (QED) is 0.456. The monoisotopic (exact) mass is 383 g/mol. The maximum Gasteiger partial charge on any atom is 0.433 e. The standard InChI is InChI=1S/C19H20F3NO4/c1-2-7-27-9-13-12(5-6-14(23-13)19(20,21)22)18(26)15-16(24)10-3-4-11(8-10)17(15)25/h5-6,10-11,24H,2-4,7-9H2,1H3. The predicted molar refractivity (Wildman–Crippen MR) is 89.0 cm³/mol. The van der Waals surface area contributed by atoms with Crippen LogP contribution < -0.4 is 0 Å². The largest absolute Gasteiger partial charge is 0.511 e. The van der Waals surface area contributed by atoms with Crippen LogP contribution in [0.4, 0.5) is 13.2 Å². The van der Waals surface area contributed by atoms with Gasteiger partial charge in [-0.25, -0.2) is 4.98 Å². The molecule has 2 aliphatic carbocycles. The smallest absolute Gasteiger partial charge is 0.433 e. The lowest BCUT2D eigenvalue weighted by Crippen LogP contribution is -2.28. The molecule has 0 spiro atoms. The zero-order valence-electron chi connectivity index (χ0n) is 14.8. The summed E-state index contributed by atoms with van der Waals surface area (Å²) >= 11 is 0. The molecule has 1 aromatic rings. The molecular formula is C19H20F3NO4. The average Bonchev–Trinajstić information content (AvgIpc) is 3.07. The highest BCUT2D eigenvalue weighted by molar-refractivity contribution is 6.28. The number of allylic oxidation sites excluding steroid dienone is 2. The van der Waals surface area contributed by atoms with E-state index < -0.39 is 23.4 Å². The molecule has 27 heavy (non-hydrogen) atoms. The molecule has 5 nitrogen and oxygen atoms in total. The fourth-order valence-electron chi connectivity index (χ4n) is 3.65. The van der Waals surface area contributed by atoms with Crippen molar-refractivity contribution in [3.8, 4) is 0 Å². The summed E-state index contributed by atoms with van der Waals surface area (Å²) < 4.78 is 44.2. The molecule has 1 fully saturated rings. The lowest BCUT2D eigenvalue weighted by Gasteiger charge is -2.21. The summed E-state index contributed by atoms with van der Waals surface area (Å²) in [4.78, 5) is 29.0. The molecule has 2 bridgehead atoms. The van der Waals surface area contributed by atoms with Crippen LogP contribution in [-0.4, -0.2) is 28.3 Å². The number of Topliss-reactive ketones (excluding diaryl/α,β-unsaturated/α-hetero) is 2. The van der Waals surface area contributed by atoms with E-state index in [1.54, 1.807) is 0 Å². The molecule has 2 aliphatic rings. The summed E-state index contributed by atoms with van der Waals surface area (Å²) in [6.07, 6.45) is -2.28. The summed E-state index contributed by atoms with van der Waals surface area (Å²) in [5, 5.41) is 10.4. The van der Waals surface area contributed by atoms with Gasteiger partial charge in [-0.2, -0.15) is 13.2 Å². The molecule has 1 saturated carbocycles. The molecule has 2 atom stereocenters. The van der Waals surface area contributed by atoms with Crippen LogP contribution in [0.5, 0.6) is 0 Å². The zero-order chi connectivity index (χ0) is 19.8. The fourth-order valence-corrected chi connectivity index (χ4v) is 3.65. The third-order valence-electron chi connectivity index (χ3n) is 5.02. The third-order valence-corrected chi connectivity index (χ3v) is 5.02. The minimum Gasteiger partial charge on any atom is -0.511 e. The second kappa shape index (κ2) is 7.42. The number of hydrogen-bond donors (Lipinski definition) is 1. The van der Waals surface area contributed by atoms with Crippen LogP contribution in [0, 0.1) is 11.8 Å². The van der Waals surface area contributed by atoms with Gasteiger partial charge >= 0.3 is 6.18 Å². The first-order valence-electron chi connectivity index (χ1n) is 8.91. The number of ketones is 2. The van der Waals surface area contributed by atoms with Crippen LogP contribution in [0.25, 0.3) is 0 Å². The van der Waals surface area contributed by atoms with Gasteiger partial charge in [-0.1, -0.05) is 6.92 Å². The van der Waals surface area contributed by atoms with Crippen LogP contribution in [0.2, 0.25) is 0 Å². The molecule has 1 heterocycles. The van der Waals surface area contributed by atoms with Crippen LogP contribution in [0.15, 0.2) is 23.5 Å². The van der Waals surface area contributed by atoms with Crippen molar-refractivity contribution in [2.24, 2.45) is 11.8 Å². The Morgan fingerprint density at radius 3 is 2.67 bits per heavy atom. The van der Waals surface area contributed by atoms with Crippen molar-refractivity contribution < 1.29 is 32.6 Å². The molecule has 0 aliphatic heterocycles. The Balaban J connectivity index is 2.00. The molecule has 0 radical (unpaired) electrons. The summed E-state index contributed by atoms with van der Waals surface area (Å²) in [5.41, 5.74) is -1.78. The van der Waals surface area contributed by atoms with E-state index in [0.29, 0.717) is 38.4 Å². The normalized spacial score (nSPS) is 22.4. The number of fused-ring (bicyclic) bond motifs is 2. The van der Waals surface area contributed by atoms with E-state index in [1.807, 2.05) is 6.92 Å². The Hall–Kier alpha value is -2.22. The number of carbonyl (C=O) groups is 2. The van der Waals surface area contributed by atoms with Gasteiger partial charge in [0, 0.05) is 24.0 Å². The maximum atomic E-state index is 13.0. The molecule has 2 unspecified atom stereocenters. The van der Waals surface area contributed by atoms with Gasteiger partial charge in [0.1, 0.15) is 17.0 Å². The molecule has 1 aromatic heterocycles. The van der Waals surface area contributed by atoms with Crippen LogP contribution in [0.3, 0.4) is 0 Å². The Bertz CT molecular complexity index is 801. The lowest BCUT2D eigenvalue weighted by atomic mass is 9.83. The number of hydrogen-bond acceptors (Lipinski definition) is 5. The van der Waals surface area contributed by atoms with Crippen molar-refractivity contribution in [1.82, 2.24) is 4.98 Å². The molecule has 8 heteroatoms. The minimum atomic E-state index is -4.66. The van der Waals surface area contributed by atoms with Gasteiger partial charge in [0.25, 0.3) is 0 Å². The maximum absolute atomic E-state index is 13.0. The molecule has 0 amide bonds. The minimum absolute atomic E-state index is 0.143. The highest BCUT2D eigenvalue weighted by atomic mass is 19.4. The Morgan fingerprint density at radius 1 is 1.30 bits per heavy atom. The van der Waals surface area contributed by atoms with Crippen molar-refractivity contribution in [3.63, 3.8) is 0 Å². The van der Waals surface area contributed by atoms with E-state index in [0.717, 1.165) is 6.07 Å². The van der Waals surface area contributed by atoms with Gasteiger partial charge in [0.15, 0.2) is 5.78 Å². The van der Waals surface area contributed by atoms with Gasteiger partial charge in [-0.15, -0.1) is 0 Å². The van der Waals surface area contributed by atoms with E-state index in [2.05, 4.69) is 4.98 Å². The second-order valence-electron chi connectivity index (χ2n) is 6.90. The number of rotatable bonds is 6. The first kappa shape index (κ1) is 19.5. The first-order valence-corrected chi connectivity index (χ1v) is 8.91. The summed E-state index contributed by atoms with van der Waals surface area (Å²) in [6.45, 7) is 1.85. The highest BCUT2D eigenvalue weighted by Gasteiger charge is 2.44. The first-order chi connectivity index (χ1) is 12.7. The van der Waals surface area contributed by atoms with Crippen LogP contribution in [-0.2, 0) is 22.3 Å². The van der Waals surface area contributed by atoms with Crippen LogP contribution >= 0.6 is 0 Å². The molecule has 3 rings (SSSR count). The van der Waals surface area contributed by atoms with Crippen molar-refractivity contribution in [1.29, 1.82) is 0 Å². The van der Waals surface area contributed by atoms with Gasteiger partial charge in [0.2, 0.25) is 5.78 Å². The van der Waals surface area contributed by atoms with Crippen molar-refractivity contribution >= 4 is 11.6 Å². The SMILES string of the molecule is CCCOCc1nc(C(F)(F)F)ccc1C(=O)C1=C(O)C2CCC(C2)C1=O. The number of aliphatic hydroxyl groups excluding tert-OH is 1. The number of aliphatic hydroxyl groups is 1. The molecular weight excluding hydrogens is 363 g/mol. The number of alkyl halides is 3.